The van der Waals surface area contributed by atoms with Crippen molar-refractivity contribution < 1.29 is 18.4 Å². The Morgan fingerprint density at radius 1 is 1.11 bits per heavy atom. The SMILES string of the molecule is CC(=O)CC1CCN(C(=O)c2cnc(C)c(Cc3cc4c(C)cc(C(C)(F)F)cc4n3C)c2C)CC1. The lowest BCUT2D eigenvalue weighted by molar-refractivity contribution is -0.118. The van der Waals surface area contributed by atoms with Crippen LogP contribution in [0.2, 0.25) is 0 Å². The first-order chi connectivity index (χ1) is 16.9. The molecule has 2 aromatic heterocycles. The van der Waals surface area contributed by atoms with E-state index in [2.05, 4.69) is 11.1 Å². The standard InChI is InChI=1S/C29H35F2N3O2/c1-17-11-22(29(5,30)31)13-27-24(17)14-23(33(27)6)15-25-19(3)26(16-32-20(25)4)28(36)34-9-7-21(8-10-34)12-18(2)35/h11,13-14,16,21H,7-10,12,15H2,1-6H3. The van der Waals surface area contributed by atoms with Gasteiger partial charge in [-0.3, -0.25) is 9.78 Å². The van der Waals surface area contributed by atoms with Crippen LogP contribution in [0.15, 0.2) is 24.4 Å². The van der Waals surface area contributed by atoms with Crippen molar-refractivity contribution in [2.45, 2.75) is 66.2 Å². The smallest absolute Gasteiger partial charge is 0.270 e. The molecule has 1 aliphatic rings. The molecule has 4 rings (SSSR count). The number of benzene rings is 1. The van der Waals surface area contributed by atoms with E-state index < -0.39 is 5.92 Å². The number of hydrogen-bond donors (Lipinski definition) is 0. The molecule has 0 spiro atoms. The zero-order chi connectivity index (χ0) is 26.4. The molecular formula is C29H35F2N3O2. The quantitative estimate of drug-likeness (QED) is 0.419. The number of rotatable bonds is 6. The molecule has 0 N–H and O–H groups in total. The van der Waals surface area contributed by atoms with Gasteiger partial charge < -0.3 is 14.3 Å². The minimum atomic E-state index is -2.91. The van der Waals surface area contributed by atoms with Gasteiger partial charge in [0.05, 0.1) is 5.56 Å². The van der Waals surface area contributed by atoms with Crippen molar-refractivity contribution in [3.05, 3.63) is 63.6 Å². The molecule has 0 atom stereocenters. The second-order valence-electron chi connectivity index (χ2n) is 10.5. The van der Waals surface area contributed by atoms with Crippen molar-refractivity contribution in [1.29, 1.82) is 0 Å². The molecule has 1 amide bonds. The number of amides is 1. The molecule has 1 saturated heterocycles. The summed E-state index contributed by atoms with van der Waals surface area (Å²) >= 11 is 0. The summed E-state index contributed by atoms with van der Waals surface area (Å²) in [6.45, 7) is 9.59. The van der Waals surface area contributed by atoms with Gasteiger partial charge in [-0.15, -0.1) is 0 Å². The fraction of sp³-hybridized carbons (Fsp3) is 0.483. The summed E-state index contributed by atoms with van der Waals surface area (Å²) in [5.41, 5.74) is 5.91. The van der Waals surface area contributed by atoms with Crippen LogP contribution in [0, 0.1) is 26.7 Å². The molecule has 1 aromatic carbocycles. The Morgan fingerprint density at radius 3 is 2.39 bits per heavy atom. The second-order valence-corrected chi connectivity index (χ2v) is 10.5. The van der Waals surface area contributed by atoms with Crippen LogP contribution in [-0.2, 0) is 24.2 Å². The molecule has 7 heteroatoms. The lowest BCUT2D eigenvalue weighted by Crippen LogP contribution is -2.39. The molecule has 1 aliphatic heterocycles. The molecule has 0 saturated carbocycles. The number of halogens is 2. The number of likely N-dealkylation sites (tertiary alicyclic amines) is 1. The average molecular weight is 496 g/mol. The van der Waals surface area contributed by atoms with E-state index in [0.29, 0.717) is 37.4 Å². The predicted octanol–water partition coefficient (Wildman–Crippen LogP) is 6.03. The molecule has 0 bridgehead atoms. The summed E-state index contributed by atoms with van der Waals surface area (Å²) in [5.74, 6) is -2.38. The van der Waals surface area contributed by atoms with E-state index in [0.717, 1.165) is 58.7 Å². The lowest BCUT2D eigenvalue weighted by atomic mass is 9.91. The summed E-state index contributed by atoms with van der Waals surface area (Å²) in [4.78, 5) is 31.3. The van der Waals surface area contributed by atoms with Crippen molar-refractivity contribution in [2.24, 2.45) is 13.0 Å². The Balaban J connectivity index is 1.62. The van der Waals surface area contributed by atoms with Gasteiger partial charge in [-0.1, -0.05) is 0 Å². The molecule has 0 unspecified atom stereocenters. The Hall–Kier alpha value is -3.09. The van der Waals surface area contributed by atoms with E-state index >= 15 is 0 Å². The molecule has 0 aliphatic carbocycles. The van der Waals surface area contributed by atoms with Crippen LogP contribution in [-0.4, -0.2) is 39.2 Å². The Labute approximate surface area is 211 Å². The molecule has 3 heterocycles. The van der Waals surface area contributed by atoms with Crippen LogP contribution in [0.1, 0.15) is 77.1 Å². The Morgan fingerprint density at radius 2 is 1.78 bits per heavy atom. The summed E-state index contributed by atoms with van der Waals surface area (Å²) in [5, 5.41) is 0.949. The third kappa shape index (κ3) is 5.06. The van der Waals surface area contributed by atoms with Crippen molar-refractivity contribution in [2.75, 3.05) is 13.1 Å². The molecule has 1 fully saturated rings. The molecule has 5 nitrogen and oxygen atoms in total. The van der Waals surface area contributed by atoms with E-state index in [1.807, 2.05) is 37.3 Å². The molecule has 0 radical (unpaired) electrons. The number of alkyl halides is 2. The summed E-state index contributed by atoms with van der Waals surface area (Å²) in [6.07, 6.45) is 4.47. The number of pyridine rings is 1. The number of aromatic nitrogens is 2. The van der Waals surface area contributed by atoms with Gasteiger partial charge >= 0.3 is 0 Å². The number of carbonyl (C=O) groups excluding carboxylic acids is 2. The maximum Gasteiger partial charge on any atom is 0.270 e. The van der Waals surface area contributed by atoms with Crippen LogP contribution in [0.3, 0.4) is 0 Å². The number of ketones is 1. The fourth-order valence-corrected chi connectivity index (χ4v) is 5.43. The fourth-order valence-electron chi connectivity index (χ4n) is 5.43. The number of hydrogen-bond acceptors (Lipinski definition) is 3. The third-order valence-electron chi connectivity index (χ3n) is 7.72. The van der Waals surface area contributed by atoms with Crippen molar-refractivity contribution in [3.63, 3.8) is 0 Å². The van der Waals surface area contributed by atoms with Gasteiger partial charge in [-0.25, -0.2) is 8.78 Å². The van der Waals surface area contributed by atoms with E-state index in [9.17, 15) is 18.4 Å². The lowest BCUT2D eigenvalue weighted by Gasteiger charge is -2.32. The van der Waals surface area contributed by atoms with Gasteiger partial charge in [0.2, 0.25) is 0 Å². The van der Waals surface area contributed by atoms with Crippen molar-refractivity contribution in [3.8, 4) is 0 Å². The van der Waals surface area contributed by atoms with Gasteiger partial charge in [0.25, 0.3) is 11.8 Å². The topological polar surface area (TPSA) is 55.2 Å². The molecule has 192 valence electrons. The third-order valence-corrected chi connectivity index (χ3v) is 7.72. The average Bonchev–Trinajstić information content (AvgIpc) is 3.12. The molecule has 36 heavy (non-hydrogen) atoms. The van der Waals surface area contributed by atoms with Gasteiger partial charge in [0.15, 0.2) is 0 Å². The monoisotopic (exact) mass is 495 g/mol. The molecule has 3 aromatic rings. The van der Waals surface area contributed by atoms with E-state index in [4.69, 9.17) is 0 Å². The van der Waals surface area contributed by atoms with Crippen LogP contribution in [0.4, 0.5) is 8.78 Å². The number of Topliss-reactive ketones (excluding diaryl/α,β-unsaturated/α-hetero) is 1. The largest absolute Gasteiger partial charge is 0.347 e. The minimum Gasteiger partial charge on any atom is -0.347 e. The maximum atomic E-state index is 14.0. The molecular weight excluding hydrogens is 460 g/mol. The highest BCUT2D eigenvalue weighted by Gasteiger charge is 2.28. The summed E-state index contributed by atoms with van der Waals surface area (Å²) < 4.78 is 30.0. The highest BCUT2D eigenvalue weighted by molar-refractivity contribution is 5.96. The van der Waals surface area contributed by atoms with E-state index in [-0.39, 0.29) is 17.3 Å². The first-order valence-corrected chi connectivity index (χ1v) is 12.6. The second kappa shape index (κ2) is 9.75. The van der Waals surface area contributed by atoms with Crippen molar-refractivity contribution in [1.82, 2.24) is 14.5 Å². The number of carbonyl (C=O) groups is 2. The number of nitrogens with zero attached hydrogens (tertiary/aromatic N) is 3. The summed E-state index contributed by atoms with van der Waals surface area (Å²) in [7, 11) is 1.90. The van der Waals surface area contributed by atoms with E-state index in [1.165, 1.54) is 0 Å². The highest BCUT2D eigenvalue weighted by atomic mass is 19.3. The van der Waals surface area contributed by atoms with Gasteiger partial charge in [0, 0.05) is 74.0 Å². The van der Waals surface area contributed by atoms with Gasteiger partial charge in [-0.2, -0.15) is 0 Å². The Kier molecular flexibility index (Phi) is 7.04. The van der Waals surface area contributed by atoms with Crippen LogP contribution in [0.5, 0.6) is 0 Å². The predicted molar refractivity (Wildman–Crippen MR) is 138 cm³/mol. The van der Waals surface area contributed by atoms with Crippen molar-refractivity contribution >= 4 is 22.6 Å². The first-order valence-electron chi connectivity index (χ1n) is 12.6. The van der Waals surface area contributed by atoms with Crippen LogP contribution >= 0.6 is 0 Å². The van der Waals surface area contributed by atoms with Crippen LogP contribution < -0.4 is 0 Å². The van der Waals surface area contributed by atoms with Crippen LogP contribution in [0.25, 0.3) is 10.9 Å². The number of aryl methyl sites for hydroxylation is 3. The van der Waals surface area contributed by atoms with E-state index in [1.54, 1.807) is 25.3 Å². The highest BCUT2D eigenvalue weighted by Crippen LogP contribution is 2.34. The zero-order valence-corrected chi connectivity index (χ0v) is 22.0. The van der Waals surface area contributed by atoms with Gasteiger partial charge in [-0.05, 0) is 81.3 Å². The minimum absolute atomic E-state index is 0.00828. The number of piperidine rings is 1. The number of fused-ring (bicyclic) bond motifs is 1. The Bertz CT molecular complexity index is 1330. The first kappa shape index (κ1) is 26.0. The summed E-state index contributed by atoms with van der Waals surface area (Å²) in [6, 6.07) is 5.18. The maximum absolute atomic E-state index is 14.0. The normalized spacial score (nSPS) is 15.1. The zero-order valence-electron chi connectivity index (χ0n) is 22.0. The van der Waals surface area contributed by atoms with Gasteiger partial charge in [0.1, 0.15) is 5.78 Å².